The summed E-state index contributed by atoms with van der Waals surface area (Å²) in [6.45, 7) is 1.94. The van der Waals surface area contributed by atoms with Gasteiger partial charge in [-0.25, -0.2) is 0 Å². The Bertz CT molecular complexity index is 556. The molecule has 0 radical (unpaired) electrons. The Morgan fingerprint density at radius 1 is 1.18 bits per heavy atom. The van der Waals surface area contributed by atoms with Gasteiger partial charge >= 0.3 is 5.97 Å². The number of carbonyl (C=O) groups excluding carboxylic acids is 2. The van der Waals surface area contributed by atoms with Crippen molar-refractivity contribution in [1.82, 2.24) is 0 Å². The molecule has 1 heterocycles. The third-order valence-electron chi connectivity index (χ3n) is 3.43. The number of carbonyl (C=O) groups is 2. The van der Waals surface area contributed by atoms with Crippen LogP contribution in [0.1, 0.15) is 35.7 Å². The average Bonchev–Trinajstić information content (AvgIpc) is 2.69. The number of esters is 1. The van der Waals surface area contributed by atoms with Gasteiger partial charge in [-0.05, 0) is 24.1 Å². The number of Topliss-reactive ketones (excluding diaryl/α,β-unsaturated/α-hetero) is 1. The minimum atomic E-state index is -1.03. The summed E-state index contributed by atoms with van der Waals surface area (Å²) in [7, 11) is 0. The molecule has 0 amide bonds. The molecule has 0 bridgehead atoms. The highest BCUT2D eigenvalue weighted by Gasteiger charge is 2.48. The zero-order valence-electron chi connectivity index (χ0n) is 9.53. The van der Waals surface area contributed by atoms with Crippen LogP contribution in [0.15, 0.2) is 30.3 Å². The fourth-order valence-electron chi connectivity index (χ4n) is 2.60. The van der Waals surface area contributed by atoms with Gasteiger partial charge in [0.25, 0.3) is 0 Å². The second-order valence-corrected chi connectivity index (χ2v) is 4.57. The van der Waals surface area contributed by atoms with E-state index >= 15 is 0 Å². The number of hydrogen-bond acceptors (Lipinski definition) is 3. The quantitative estimate of drug-likeness (QED) is 0.640. The molecule has 1 spiro atoms. The molecule has 1 saturated heterocycles. The lowest BCUT2D eigenvalue weighted by atomic mass is 9.79. The fraction of sp³-hybridized carbons (Fsp3) is 0.286. The maximum Gasteiger partial charge on any atom is 0.307 e. The molecule has 3 heteroatoms. The SMILES string of the molecule is CC1=CC2(CCC(=O)O2)C(=O)c2ccccc21. The summed E-state index contributed by atoms with van der Waals surface area (Å²) in [6, 6.07) is 7.45. The summed E-state index contributed by atoms with van der Waals surface area (Å²) in [5.41, 5.74) is 1.55. The van der Waals surface area contributed by atoms with Crippen LogP contribution in [0.2, 0.25) is 0 Å². The molecule has 1 aromatic carbocycles. The Labute approximate surface area is 99.1 Å². The lowest BCUT2D eigenvalue weighted by Gasteiger charge is -2.28. The molecule has 1 atom stereocenters. The zero-order valence-corrected chi connectivity index (χ0v) is 9.53. The second-order valence-electron chi connectivity index (χ2n) is 4.57. The van der Waals surface area contributed by atoms with E-state index in [9.17, 15) is 9.59 Å². The first kappa shape index (κ1) is 10.3. The van der Waals surface area contributed by atoms with Gasteiger partial charge in [0.2, 0.25) is 5.78 Å². The lowest BCUT2D eigenvalue weighted by Crippen LogP contribution is -2.39. The monoisotopic (exact) mass is 228 g/mol. The van der Waals surface area contributed by atoms with E-state index in [1.807, 2.05) is 25.1 Å². The van der Waals surface area contributed by atoms with E-state index in [2.05, 4.69) is 0 Å². The van der Waals surface area contributed by atoms with Crippen molar-refractivity contribution in [2.24, 2.45) is 0 Å². The number of ketones is 1. The predicted octanol–water partition coefficient (Wildman–Crippen LogP) is 2.36. The van der Waals surface area contributed by atoms with E-state index in [0.29, 0.717) is 18.4 Å². The van der Waals surface area contributed by atoms with E-state index in [4.69, 9.17) is 4.74 Å². The number of fused-ring (bicyclic) bond motifs is 1. The number of ether oxygens (including phenoxy) is 1. The van der Waals surface area contributed by atoms with E-state index < -0.39 is 5.60 Å². The summed E-state index contributed by atoms with van der Waals surface area (Å²) >= 11 is 0. The van der Waals surface area contributed by atoms with Crippen LogP contribution in [0.4, 0.5) is 0 Å². The summed E-state index contributed by atoms with van der Waals surface area (Å²) in [5.74, 6) is -0.383. The number of allylic oxidation sites excluding steroid dienone is 1. The standard InChI is InChI=1S/C14H12O3/c1-9-8-14(7-6-12(15)17-14)13(16)11-5-3-2-4-10(9)11/h2-5,8H,6-7H2,1H3. The Hall–Kier alpha value is -1.90. The normalized spacial score (nSPS) is 26.8. The molecule has 17 heavy (non-hydrogen) atoms. The number of benzene rings is 1. The van der Waals surface area contributed by atoms with Crippen molar-refractivity contribution in [2.75, 3.05) is 0 Å². The summed E-state index contributed by atoms with van der Waals surface area (Å²) in [5, 5.41) is 0. The van der Waals surface area contributed by atoms with Gasteiger partial charge in [-0.1, -0.05) is 24.3 Å². The summed E-state index contributed by atoms with van der Waals surface area (Å²) in [6.07, 6.45) is 2.57. The van der Waals surface area contributed by atoms with Gasteiger partial charge in [0.05, 0.1) is 6.42 Å². The van der Waals surface area contributed by atoms with Crippen LogP contribution in [0.5, 0.6) is 0 Å². The highest BCUT2D eigenvalue weighted by atomic mass is 16.6. The molecule has 0 aromatic heterocycles. The molecule has 3 nitrogen and oxygen atoms in total. The third kappa shape index (κ3) is 1.35. The van der Waals surface area contributed by atoms with Crippen LogP contribution in [-0.4, -0.2) is 17.4 Å². The van der Waals surface area contributed by atoms with Crippen LogP contribution in [-0.2, 0) is 9.53 Å². The van der Waals surface area contributed by atoms with Gasteiger partial charge in [0.1, 0.15) is 0 Å². The maximum atomic E-state index is 12.4. The molecule has 0 saturated carbocycles. The van der Waals surface area contributed by atoms with Gasteiger partial charge in [0.15, 0.2) is 5.60 Å². The Kier molecular flexibility index (Phi) is 1.99. The molecular weight excluding hydrogens is 216 g/mol. The first-order valence-corrected chi connectivity index (χ1v) is 5.68. The van der Waals surface area contributed by atoms with E-state index in [0.717, 1.165) is 11.1 Å². The van der Waals surface area contributed by atoms with Crippen molar-refractivity contribution in [3.63, 3.8) is 0 Å². The van der Waals surface area contributed by atoms with Crippen LogP contribution < -0.4 is 0 Å². The molecule has 2 aliphatic rings. The molecule has 1 unspecified atom stereocenters. The number of hydrogen-bond donors (Lipinski definition) is 0. The average molecular weight is 228 g/mol. The molecule has 1 aliphatic heterocycles. The molecule has 1 fully saturated rings. The first-order valence-electron chi connectivity index (χ1n) is 5.68. The van der Waals surface area contributed by atoms with Crippen LogP contribution in [0.25, 0.3) is 5.57 Å². The molecule has 1 aliphatic carbocycles. The lowest BCUT2D eigenvalue weighted by molar-refractivity contribution is -0.143. The van der Waals surface area contributed by atoms with Crippen LogP contribution in [0, 0.1) is 0 Å². The Morgan fingerprint density at radius 2 is 1.88 bits per heavy atom. The minimum Gasteiger partial charge on any atom is -0.446 e. The molecule has 3 rings (SSSR count). The van der Waals surface area contributed by atoms with Crippen molar-refractivity contribution in [1.29, 1.82) is 0 Å². The van der Waals surface area contributed by atoms with Gasteiger partial charge in [-0.2, -0.15) is 0 Å². The van der Waals surface area contributed by atoms with E-state index in [-0.39, 0.29) is 11.8 Å². The van der Waals surface area contributed by atoms with Gasteiger partial charge < -0.3 is 4.74 Å². The highest BCUT2D eigenvalue weighted by Crippen LogP contribution is 2.39. The van der Waals surface area contributed by atoms with Crippen LogP contribution >= 0.6 is 0 Å². The van der Waals surface area contributed by atoms with E-state index in [1.165, 1.54) is 0 Å². The number of rotatable bonds is 0. The molecule has 86 valence electrons. The largest absolute Gasteiger partial charge is 0.446 e. The first-order chi connectivity index (χ1) is 8.12. The van der Waals surface area contributed by atoms with Crippen LogP contribution in [0.3, 0.4) is 0 Å². The van der Waals surface area contributed by atoms with Crippen molar-refractivity contribution < 1.29 is 14.3 Å². The molecule has 0 N–H and O–H groups in total. The maximum absolute atomic E-state index is 12.4. The third-order valence-corrected chi connectivity index (χ3v) is 3.43. The second kappa shape index (κ2) is 3.29. The zero-order chi connectivity index (χ0) is 12.0. The molecular formula is C14H12O3. The van der Waals surface area contributed by atoms with Gasteiger partial charge in [-0.15, -0.1) is 0 Å². The van der Waals surface area contributed by atoms with Crippen molar-refractivity contribution >= 4 is 17.3 Å². The smallest absolute Gasteiger partial charge is 0.307 e. The van der Waals surface area contributed by atoms with Crippen molar-refractivity contribution in [2.45, 2.75) is 25.4 Å². The summed E-state index contributed by atoms with van der Waals surface area (Å²) in [4.78, 5) is 23.7. The van der Waals surface area contributed by atoms with Gasteiger partial charge in [-0.3, -0.25) is 9.59 Å². The Balaban J connectivity index is 2.17. The highest BCUT2D eigenvalue weighted by molar-refractivity contribution is 6.12. The van der Waals surface area contributed by atoms with Crippen molar-refractivity contribution in [3.8, 4) is 0 Å². The van der Waals surface area contributed by atoms with Gasteiger partial charge in [0, 0.05) is 12.0 Å². The predicted molar refractivity (Wildman–Crippen MR) is 62.5 cm³/mol. The minimum absolute atomic E-state index is 0.0930. The van der Waals surface area contributed by atoms with Crippen molar-refractivity contribution in [3.05, 3.63) is 41.5 Å². The van der Waals surface area contributed by atoms with E-state index in [1.54, 1.807) is 12.1 Å². The topological polar surface area (TPSA) is 43.4 Å². The Morgan fingerprint density at radius 3 is 2.53 bits per heavy atom. The fourth-order valence-corrected chi connectivity index (χ4v) is 2.60. The molecule has 1 aromatic rings. The summed E-state index contributed by atoms with van der Waals surface area (Å²) < 4.78 is 5.26.